The number of aryl methyl sites for hydroxylation is 1. The molecule has 1 amide bonds. The summed E-state index contributed by atoms with van der Waals surface area (Å²) in [6.45, 7) is 0. The molecule has 0 spiro atoms. The molecule has 3 aromatic rings. The number of nitrogens with zero attached hydrogens (tertiary/aromatic N) is 3. The Morgan fingerprint density at radius 1 is 1.36 bits per heavy atom. The van der Waals surface area contributed by atoms with E-state index < -0.39 is 0 Å². The third kappa shape index (κ3) is 4.37. The third-order valence-corrected chi connectivity index (χ3v) is 4.59. The van der Waals surface area contributed by atoms with Gasteiger partial charge in [-0.2, -0.15) is 4.98 Å². The van der Waals surface area contributed by atoms with Crippen LogP contribution in [-0.2, 0) is 11.2 Å². The second-order valence-corrected chi connectivity index (χ2v) is 6.98. The molecule has 0 aliphatic carbocycles. The molecular formula is C17H17ClN4O2S. The first-order valence-corrected chi connectivity index (χ1v) is 8.92. The Balaban J connectivity index is 1.61. The van der Waals surface area contributed by atoms with Gasteiger partial charge in [-0.25, -0.2) is 0 Å². The highest BCUT2D eigenvalue weighted by atomic mass is 35.5. The number of halogens is 1. The maximum absolute atomic E-state index is 12.2. The fourth-order valence-corrected chi connectivity index (χ4v) is 3.12. The topological polar surface area (TPSA) is 71.3 Å². The molecule has 2 heterocycles. The van der Waals surface area contributed by atoms with E-state index in [2.05, 4.69) is 15.5 Å². The highest BCUT2D eigenvalue weighted by Gasteiger charge is 2.13. The summed E-state index contributed by atoms with van der Waals surface area (Å²) in [4.78, 5) is 19.4. The van der Waals surface area contributed by atoms with Crippen LogP contribution in [0.5, 0.6) is 0 Å². The van der Waals surface area contributed by atoms with E-state index in [4.69, 9.17) is 16.1 Å². The van der Waals surface area contributed by atoms with Gasteiger partial charge in [0.15, 0.2) is 0 Å². The van der Waals surface area contributed by atoms with E-state index in [1.54, 1.807) is 12.1 Å². The van der Waals surface area contributed by atoms with Crippen molar-refractivity contribution < 1.29 is 9.32 Å². The number of hydrogen-bond donors (Lipinski definition) is 1. The maximum atomic E-state index is 12.2. The summed E-state index contributed by atoms with van der Waals surface area (Å²) in [5.74, 6) is 0.855. The molecule has 0 radical (unpaired) electrons. The molecule has 0 aliphatic heterocycles. The van der Waals surface area contributed by atoms with Crippen molar-refractivity contribution in [1.29, 1.82) is 0 Å². The summed E-state index contributed by atoms with van der Waals surface area (Å²) in [5, 5.41) is 9.34. The molecule has 0 aliphatic rings. The number of carbonyl (C=O) groups is 1. The zero-order valence-corrected chi connectivity index (χ0v) is 15.4. The Morgan fingerprint density at radius 2 is 2.20 bits per heavy atom. The van der Waals surface area contributed by atoms with Gasteiger partial charge in [0.1, 0.15) is 0 Å². The van der Waals surface area contributed by atoms with Gasteiger partial charge in [-0.15, -0.1) is 11.3 Å². The summed E-state index contributed by atoms with van der Waals surface area (Å²) in [6.07, 6.45) is 0.619. The first kappa shape index (κ1) is 17.4. The molecule has 0 atom stereocenters. The Hall–Kier alpha value is -2.38. The minimum absolute atomic E-state index is 0.138. The molecule has 130 valence electrons. The summed E-state index contributed by atoms with van der Waals surface area (Å²) in [6, 6.07) is 9.24. The number of benzene rings is 1. The first-order valence-electron chi connectivity index (χ1n) is 7.66. The zero-order valence-electron chi connectivity index (χ0n) is 13.8. The van der Waals surface area contributed by atoms with Gasteiger partial charge in [0.2, 0.25) is 17.6 Å². The monoisotopic (exact) mass is 376 g/mol. The van der Waals surface area contributed by atoms with E-state index >= 15 is 0 Å². The van der Waals surface area contributed by atoms with E-state index in [-0.39, 0.29) is 12.3 Å². The molecule has 0 saturated carbocycles. The van der Waals surface area contributed by atoms with Crippen molar-refractivity contribution in [3.05, 3.63) is 46.6 Å². The zero-order chi connectivity index (χ0) is 17.8. The lowest BCUT2D eigenvalue weighted by atomic mass is 10.2. The molecule has 1 N–H and O–H groups in total. The van der Waals surface area contributed by atoms with Crippen molar-refractivity contribution >= 4 is 40.2 Å². The lowest BCUT2D eigenvalue weighted by Gasteiger charge is -2.18. The van der Waals surface area contributed by atoms with Crippen molar-refractivity contribution in [2.45, 2.75) is 12.8 Å². The van der Waals surface area contributed by atoms with Crippen LogP contribution >= 0.6 is 22.9 Å². The number of aromatic nitrogens is 2. The minimum Gasteiger partial charge on any atom is -0.376 e. The largest absolute Gasteiger partial charge is 0.376 e. The van der Waals surface area contributed by atoms with Gasteiger partial charge in [-0.3, -0.25) is 4.79 Å². The highest BCUT2D eigenvalue weighted by Crippen LogP contribution is 2.28. The Labute approximate surface area is 154 Å². The predicted molar refractivity (Wildman–Crippen MR) is 100 cm³/mol. The standard InChI is InChI=1S/C17H17ClN4O2S/c1-22(2)13-6-5-11(18)10-12(13)19-15(23)7-8-16-20-17(21-24-16)14-4-3-9-25-14/h3-6,9-10H,7-8H2,1-2H3,(H,19,23). The minimum atomic E-state index is -0.138. The van der Waals surface area contributed by atoms with Crippen LogP contribution in [-0.4, -0.2) is 30.1 Å². The van der Waals surface area contributed by atoms with Crippen LogP contribution in [0.3, 0.4) is 0 Å². The van der Waals surface area contributed by atoms with Crippen LogP contribution in [0.15, 0.2) is 40.2 Å². The van der Waals surface area contributed by atoms with Crippen molar-refractivity contribution in [3.8, 4) is 10.7 Å². The van der Waals surface area contributed by atoms with Gasteiger partial charge in [0.25, 0.3) is 0 Å². The fourth-order valence-electron chi connectivity index (χ4n) is 2.29. The van der Waals surface area contributed by atoms with Crippen LogP contribution in [0.4, 0.5) is 11.4 Å². The molecule has 8 heteroatoms. The number of nitrogens with one attached hydrogen (secondary N) is 1. The summed E-state index contributed by atoms with van der Waals surface area (Å²) >= 11 is 7.57. The Bertz CT molecular complexity index is 861. The van der Waals surface area contributed by atoms with Gasteiger partial charge >= 0.3 is 0 Å². The first-order chi connectivity index (χ1) is 12.0. The average Bonchev–Trinajstić information content (AvgIpc) is 3.24. The average molecular weight is 377 g/mol. The lowest BCUT2D eigenvalue weighted by Crippen LogP contribution is -2.17. The van der Waals surface area contributed by atoms with Crippen molar-refractivity contribution in [2.24, 2.45) is 0 Å². The number of anilines is 2. The van der Waals surface area contributed by atoms with Crippen LogP contribution in [0.25, 0.3) is 10.7 Å². The molecule has 0 unspecified atom stereocenters. The molecule has 2 aromatic heterocycles. The summed E-state index contributed by atoms with van der Waals surface area (Å²) < 4.78 is 5.21. The van der Waals surface area contributed by atoms with E-state index in [1.165, 1.54) is 11.3 Å². The second kappa shape index (κ2) is 7.67. The number of thiophene rings is 1. The summed E-state index contributed by atoms with van der Waals surface area (Å²) in [5.41, 5.74) is 1.56. The molecule has 0 bridgehead atoms. The van der Waals surface area contributed by atoms with Crippen molar-refractivity contribution in [3.63, 3.8) is 0 Å². The molecule has 6 nitrogen and oxygen atoms in total. The molecule has 25 heavy (non-hydrogen) atoms. The van der Waals surface area contributed by atoms with Gasteiger partial charge in [-0.1, -0.05) is 22.8 Å². The maximum Gasteiger partial charge on any atom is 0.227 e. The lowest BCUT2D eigenvalue weighted by molar-refractivity contribution is -0.116. The van der Waals surface area contributed by atoms with Crippen LogP contribution in [0.1, 0.15) is 12.3 Å². The number of hydrogen-bond acceptors (Lipinski definition) is 6. The number of carbonyl (C=O) groups excluding carboxylic acids is 1. The summed E-state index contributed by atoms with van der Waals surface area (Å²) in [7, 11) is 3.81. The second-order valence-electron chi connectivity index (χ2n) is 5.59. The van der Waals surface area contributed by atoms with E-state index in [9.17, 15) is 4.79 Å². The molecule has 1 aromatic carbocycles. The smallest absolute Gasteiger partial charge is 0.227 e. The third-order valence-electron chi connectivity index (χ3n) is 3.49. The molecule has 0 saturated heterocycles. The quantitative estimate of drug-likeness (QED) is 0.701. The normalized spacial score (nSPS) is 10.7. The Morgan fingerprint density at radius 3 is 2.92 bits per heavy atom. The molecule has 3 rings (SSSR count). The van der Waals surface area contributed by atoms with Gasteiger partial charge in [0, 0.05) is 32.0 Å². The van der Waals surface area contributed by atoms with Crippen molar-refractivity contribution in [2.75, 3.05) is 24.3 Å². The highest BCUT2D eigenvalue weighted by molar-refractivity contribution is 7.13. The van der Waals surface area contributed by atoms with Crippen LogP contribution in [0, 0.1) is 0 Å². The fraction of sp³-hybridized carbons (Fsp3) is 0.235. The van der Waals surface area contributed by atoms with E-state index in [0.717, 1.165) is 10.6 Å². The number of rotatable bonds is 6. The van der Waals surface area contributed by atoms with Crippen molar-refractivity contribution in [1.82, 2.24) is 10.1 Å². The van der Waals surface area contributed by atoms with Gasteiger partial charge in [-0.05, 0) is 29.6 Å². The molecular weight excluding hydrogens is 360 g/mol. The van der Waals surface area contributed by atoms with E-state index in [1.807, 2.05) is 42.6 Å². The Kier molecular flexibility index (Phi) is 5.35. The molecule has 0 fully saturated rings. The predicted octanol–water partition coefficient (Wildman–Crippen LogP) is 4.09. The SMILES string of the molecule is CN(C)c1ccc(Cl)cc1NC(=O)CCc1nc(-c2cccs2)no1. The van der Waals surface area contributed by atoms with Gasteiger partial charge in [0.05, 0.1) is 16.3 Å². The number of amides is 1. The van der Waals surface area contributed by atoms with Gasteiger partial charge < -0.3 is 14.7 Å². The van der Waals surface area contributed by atoms with Crippen LogP contribution < -0.4 is 10.2 Å². The van der Waals surface area contributed by atoms with Crippen LogP contribution in [0.2, 0.25) is 5.02 Å². The van der Waals surface area contributed by atoms with E-state index in [0.29, 0.717) is 28.8 Å².